The molecule has 0 aliphatic heterocycles. The maximum Gasteiger partial charge on any atom is 0.179 e. The Bertz CT molecular complexity index is 3520. The highest BCUT2D eigenvalue weighted by molar-refractivity contribution is 7.19. The van der Waals surface area contributed by atoms with Crippen molar-refractivity contribution in [1.29, 1.82) is 0 Å². The van der Waals surface area contributed by atoms with E-state index in [1.54, 1.807) is 0 Å². The zero-order valence-electron chi connectivity index (χ0n) is 35.8. The number of benzene rings is 11. The molecule has 11 aromatic carbocycles. The minimum absolute atomic E-state index is 1.09. The Morgan fingerprint density at radius 1 is 0.338 bits per heavy atom. The summed E-state index contributed by atoms with van der Waals surface area (Å²) in [6.07, 6.45) is 0. The smallest absolute Gasteiger partial charge is 0.179 e. The molecule has 3 heteroatoms. The topological polar surface area (TPSA) is 8.17 Å². The van der Waals surface area contributed by atoms with E-state index in [4.69, 9.17) is 0 Å². The van der Waals surface area contributed by atoms with Gasteiger partial charge in [-0.2, -0.15) is 0 Å². The Kier molecular flexibility index (Phi) is 9.55. The highest BCUT2D eigenvalue weighted by atomic mass is 28.3. The van der Waals surface area contributed by atoms with Crippen molar-refractivity contribution in [2.24, 2.45) is 0 Å². The fourth-order valence-electron chi connectivity index (χ4n) is 10.5. The SMILES string of the molecule is c1ccc(-n2c3ccccc3c3c(N(c4ccc(-c5cccc6ccccc56)cc4)c4ccc([Si](c5ccccc5)(c5ccccc5)c5ccccc5)cc4)cc4ccccc4c32)cc1. The predicted octanol–water partition coefficient (Wildman–Crippen LogP) is 13.6. The lowest BCUT2D eigenvalue weighted by Crippen LogP contribution is -2.74. The van der Waals surface area contributed by atoms with Crippen LogP contribution in [0.2, 0.25) is 0 Å². The van der Waals surface area contributed by atoms with Crippen molar-refractivity contribution in [2.75, 3.05) is 4.90 Å². The lowest BCUT2D eigenvalue weighted by atomic mass is 9.97. The van der Waals surface area contributed by atoms with Crippen molar-refractivity contribution in [3.05, 3.63) is 267 Å². The third kappa shape index (κ3) is 6.39. The molecule has 0 saturated carbocycles. The van der Waals surface area contributed by atoms with Crippen LogP contribution in [0.3, 0.4) is 0 Å². The molecular weight excluding hydrogens is 801 g/mol. The van der Waals surface area contributed by atoms with E-state index in [-0.39, 0.29) is 0 Å². The molecule has 0 saturated heterocycles. The lowest BCUT2D eigenvalue weighted by molar-refractivity contribution is 1.19. The van der Waals surface area contributed by atoms with E-state index in [1.165, 1.54) is 75.2 Å². The Hall–Kier alpha value is -8.24. The monoisotopic (exact) mass is 844 g/mol. The molecule has 0 aliphatic rings. The first-order chi connectivity index (χ1) is 32.3. The Morgan fingerprint density at radius 2 is 0.800 bits per heavy atom. The zero-order chi connectivity index (χ0) is 43.2. The van der Waals surface area contributed by atoms with Crippen molar-refractivity contribution in [1.82, 2.24) is 4.57 Å². The summed E-state index contributed by atoms with van der Waals surface area (Å²) in [7, 11) is -2.76. The molecule has 0 aliphatic carbocycles. The summed E-state index contributed by atoms with van der Waals surface area (Å²) in [5, 5.41) is 12.7. The third-order valence-electron chi connectivity index (χ3n) is 13.3. The normalized spacial score (nSPS) is 11.7. The van der Waals surface area contributed by atoms with Crippen LogP contribution >= 0.6 is 0 Å². The molecule has 12 aromatic rings. The van der Waals surface area contributed by atoms with E-state index < -0.39 is 8.07 Å². The maximum absolute atomic E-state index is 2.76. The summed E-state index contributed by atoms with van der Waals surface area (Å²) in [6.45, 7) is 0. The number of fused-ring (bicyclic) bond motifs is 6. The van der Waals surface area contributed by atoms with Gasteiger partial charge in [-0.05, 0) is 96.6 Å². The summed E-state index contributed by atoms with van der Waals surface area (Å²) in [5.74, 6) is 0. The summed E-state index contributed by atoms with van der Waals surface area (Å²) < 4.78 is 2.46. The number of hydrogen-bond acceptors (Lipinski definition) is 1. The second-order valence-electron chi connectivity index (χ2n) is 16.8. The highest BCUT2D eigenvalue weighted by Crippen LogP contribution is 2.47. The summed E-state index contributed by atoms with van der Waals surface area (Å²) >= 11 is 0. The van der Waals surface area contributed by atoms with Gasteiger partial charge in [-0.25, -0.2) is 0 Å². The van der Waals surface area contributed by atoms with E-state index >= 15 is 0 Å². The number of aromatic nitrogens is 1. The minimum atomic E-state index is -2.76. The van der Waals surface area contributed by atoms with Crippen LogP contribution in [0.1, 0.15) is 0 Å². The molecule has 1 aromatic heterocycles. The average Bonchev–Trinajstić information content (AvgIpc) is 3.74. The molecule has 12 rings (SSSR count). The fourth-order valence-corrected chi connectivity index (χ4v) is 15.2. The molecule has 0 amide bonds. The van der Waals surface area contributed by atoms with E-state index in [1.807, 2.05) is 0 Å². The highest BCUT2D eigenvalue weighted by Gasteiger charge is 2.41. The van der Waals surface area contributed by atoms with Crippen LogP contribution in [-0.2, 0) is 0 Å². The van der Waals surface area contributed by atoms with Crippen molar-refractivity contribution < 1.29 is 0 Å². The van der Waals surface area contributed by atoms with Crippen molar-refractivity contribution in [3.8, 4) is 16.8 Å². The quantitative estimate of drug-likeness (QED) is 0.104. The summed E-state index contributed by atoms with van der Waals surface area (Å²) in [4.78, 5) is 2.49. The van der Waals surface area contributed by atoms with Crippen LogP contribution in [0.25, 0.3) is 60.2 Å². The Morgan fingerprint density at radius 3 is 1.42 bits per heavy atom. The van der Waals surface area contributed by atoms with Crippen LogP contribution in [0.15, 0.2) is 267 Å². The van der Waals surface area contributed by atoms with Gasteiger partial charge in [0.25, 0.3) is 0 Å². The van der Waals surface area contributed by atoms with Crippen LogP contribution in [0.5, 0.6) is 0 Å². The second-order valence-corrected chi connectivity index (χ2v) is 20.6. The molecule has 0 spiro atoms. The number of anilines is 3. The number of para-hydroxylation sites is 2. The predicted molar refractivity (Wildman–Crippen MR) is 280 cm³/mol. The van der Waals surface area contributed by atoms with Gasteiger partial charge in [0.1, 0.15) is 0 Å². The van der Waals surface area contributed by atoms with Gasteiger partial charge in [-0.3, -0.25) is 0 Å². The zero-order valence-corrected chi connectivity index (χ0v) is 36.8. The lowest BCUT2D eigenvalue weighted by Gasteiger charge is -2.35. The fraction of sp³-hybridized carbons (Fsp3) is 0. The van der Waals surface area contributed by atoms with Gasteiger partial charge < -0.3 is 9.47 Å². The van der Waals surface area contributed by atoms with Crippen LogP contribution in [0, 0.1) is 0 Å². The number of rotatable bonds is 9. The Labute approximate surface area is 380 Å². The average molecular weight is 845 g/mol. The maximum atomic E-state index is 2.49. The van der Waals surface area contributed by atoms with Gasteiger partial charge in [0.2, 0.25) is 0 Å². The third-order valence-corrected chi connectivity index (χ3v) is 18.1. The van der Waals surface area contributed by atoms with Gasteiger partial charge in [-0.15, -0.1) is 0 Å². The molecule has 0 N–H and O–H groups in total. The van der Waals surface area contributed by atoms with Crippen LogP contribution < -0.4 is 25.6 Å². The molecule has 0 atom stereocenters. The first-order valence-electron chi connectivity index (χ1n) is 22.4. The molecule has 0 unspecified atom stereocenters. The molecule has 0 fully saturated rings. The van der Waals surface area contributed by atoms with Crippen molar-refractivity contribution in [3.63, 3.8) is 0 Å². The van der Waals surface area contributed by atoms with E-state index in [0.29, 0.717) is 0 Å². The molecule has 2 nitrogen and oxygen atoms in total. The molecule has 1 heterocycles. The first-order valence-corrected chi connectivity index (χ1v) is 24.4. The van der Waals surface area contributed by atoms with Crippen molar-refractivity contribution >= 4 is 89.2 Å². The van der Waals surface area contributed by atoms with Gasteiger partial charge >= 0.3 is 0 Å². The number of nitrogens with zero attached hydrogens (tertiary/aromatic N) is 2. The van der Waals surface area contributed by atoms with Gasteiger partial charge in [0.15, 0.2) is 8.07 Å². The first kappa shape index (κ1) is 38.4. The molecule has 0 radical (unpaired) electrons. The van der Waals surface area contributed by atoms with E-state index in [2.05, 4.69) is 276 Å². The van der Waals surface area contributed by atoms with Gasteiger partial charge in [0, 0.05) is 33.2 Å². The second kappa shape index (κ2) is 16.1. The van der Waals surface area contributed by atoms with E-state index in [9.17, 15) is 0 Å². The Balaban J connectivity index is 1.13. The van der Waals surface area contributed by atoms with Crippen LogP contribution in [-0.4, -0.2) is 12.6 Å². The molecule has 65 heavy (non-hydrogen) atoms. The van der Waals surface area contributed by atoms with Gasteiger partial charge in [-0.1, -0.05) is 218 Å². The number of hydrogen-bond donors (Lipinski definition) is 0. The van der Waals surface area contributed by atoms with Crippen LogP contribution in [0.4, 0.5) is 17.1 Å². The van der Waals surface area contributed by atoms with Gasteiger partial charge in [0.05, 0.1) is 16.7 Å². The van der Waals surface area contributed by atoms with Crippen molar-refractivity contribution in [2.45, 2.75) is 0 Å². The molecule has 0 bridgehead atoms. The molecular formula is C62H44N2Si. The minimum Gasteiger partial charge on any atom is -0.310 e. The largest absolute Gasteiger partial charge is 0.310 e. The summed E-state index contributed by atoms with van der Waals surface area (Å²) in [5.41, 5.74) is 9.25. The van der Waals surface area contributed by atoms with E-state index in [0.717, 1.165) is 22.7 Å². The molecule has 306 valence electrons. The summed E-state index contributed by atoms with van der Waals surface area (Å²) in [6, 6.07) is 98.5. The standard InChI is InChI=1S/C62H44N2Si/c1-5-23-48(24-6-1)64-59-35-18-17-33-58(59)61-60(44-47-21-14-16-32-57(47)62(61)64)63(49-38-36-46(37-39-49)56-34-19-22-45-20-13-15-31-55(45)56)50-40-42-54(43-41-50)65(51-25-7-2-8-26-51,52-27-9-3-10-28-52)53-29-11-4-12-30-53/h1-44H.